The zero-order valence-corrected chi connectivity index (χ0v) is 9.81. The topological polar surface area (TPSA) is 62.2 Å². The molecule has 1 aliphatic carbocycles. The average Bonchev–Trinajstić information content (AvgIpc) is 2.30. The highest BCUT2D eigenvalue weighted by Crippen LogP contribution is 2.19. The predicted molar refractivity (Wildman–Crippen MR) is 66.3 cm³/mol. The molecule has 2 N–H and O–H groups in total. The summed E-state index contributed by atoms with van der Waals surface area (Å²) >= 11 is 0. The average molecular weight is 232 g/mol. The van der Waals surface area contributed by atoms with Crippen LogP contribution >= 0.6 is 0 Å². The molecule has 1 aromatic rings. The summed E-state index contributed by atoms with van der Waals surface area (Å²) in [7, 11) is 0. The van der Waals surface area contributed by atoms with Crippen molar-refractivity contribution in [3.05, 3.63) is 35.5 Å². The summed E-state index contributed by atoms with van der Waals surface area (Å²) in [6.07, 6.45) is 7.25. The number of aryl methyl sites for hydroxylation is 1. The number of anilines is 1. The van der Waals surface area contributed by atoms with Crippen LogP contribution < -0.4 is 5.32 Å². The van der Waals surface area contributed by atoms with E-state index in [0.717, 1.165) is 25.0 Å². The molecule has 1 aliphatic rings. The normalized spacial score (nSPS) is 19.0. The Morgan fingerprint density at radius 2 is 2.29 bits per heavy atom. The van der Waals surface area contributed by atoms with Gasteiger partial charge in [-0.2, -0.15) is 0 Å². The van der Waals surface area contributed by atoms with Gasteiger partial charge < -0.3 is 10.4 Å². The number of hydrogen-bond donors (Lipinski definition) is 2. The number of rotatable bonds is 3. The van der Waals surface area contributed by atoms with Crippen LogP contribution in [0.4, 0.5) is 5.82 Å². The van der Waals surface area contributed by atoms with Gasteiger partial charge in [0.1, 0.15) is 11.4 Å². The zero-order valence-electron chi connectivity index (χ0n) is 9.81. The van der Waals surface area contributed by atoms with Crippen molar-refractivity contribution in [2.45, 2.75) is 32.2 Å². The van der Waals surface area contributed by atoms with Gasteiger partial charge in [-0.25, -0.2) is 9.78 Å². The number of aromatic carboxylic acids is 1. The van der Waals surface area contributed by atoms with Crippen LogP contribution in [0.15, 0.2) is 24.3 Å². The molecule has 1 unspecified atom stereocenters. The molecule has 0 fully saturated rings. The summed E-state index contributed by atoms with van der Waals surface area (Å²) in [5, 5.41) is 12.3. The summed E-state index contributed by atoms with van der Waals surface area (Å²) in [6.45, 7) is 1.86. The smallest absolute Gasteiger partial charge is 0.339 e. The van der Waals surface area contributed by atoms with Gasteiger partial charge in [0.15, 0.2) is 0 Å². The number of nitrogens with zero attached hydrogens (tertiary/aromatic N) is 1. The summed E-state index contributed by atoms with van der Waals surface area (Å²) in [5.41, 5.74) is 1.06. The van der Waals surface area contributed by atoms with Gasteiger partial charge in [-0.1, -0.05) is 12.2 Å². The fraction of sp³-hybridized carbons (Fsp3) is 0.385. The van der Waals surface area contributed by atoms with Crippen LogP contribution in [0, 0.1) is 6.92 Å². The second-order valence-corrected chi connectivity index (χ2v) is 4.28. The maximum absolute atomic E-state index is 11.1. The van der Waals surface area contributed by atoms with Crippen molar-refractivity contribution in [1.29, 1.82) is 0 Å². The minimum absolute atomic E-state index is 0.241. The number of nitrogens with one attached hydrogen (secondary N) is 1. The van der Waals surface area contributed by atoms with Crippen LogP contribution in [0.1, 0.15) is 35.3 Å². The Balaban J connectivity index is 2.21. The van der Waals surface area contributed by atoms with Crippen LogP contribution in [-0.4, -0.2) is 22.1 Å². The van der Waals surface area contributed by atoms with Crippen molar-refractivity contribution in [2.24, 2.45) is 0 Å². The SMILES string of the molecule is Cc1ccc(C(=O)O)c(NC2CC=CCC2)n1. The molecule has 0 radical (unpaired) electrons. The van der Waals surface area contributed by atoms with Gasteiger partial charge >= 0.3 is 5.97 Å². The number of hydrogen-bond acceptors (Lipinski definition) is 3. The molecule has 90 valence electrons. The highest BCUT2D eigenvalue weighted by molar-refractivity contribution is 5.93. The van der Waals surface area contributed by atoms with Gasteiger partial charge in [0.2, 0.25) is 0 Å². The highest BCUT2D eigenvalue weighted by Gasteiger charge is 2.16. The van der Waals surface area contributed by atoms with Gasteiger partial charge in [0.05, 0.1) is 0 Å². The molecule has 0 bridgehead atoms. The molecule has 0 amide bonds. The van der Waals surface area contributed by atoms with E-state index in [1.807, 2.05) is 6.92 Å². The van der Waals surface area contributed by atoms with Gasteiger partial charge in [-0.05, 0) is 38.3 Å². The fourth-order valence-electron chi connectivity index (χ4n) is 1.96. The lowest BCUT2D eigenvalue weighted by molar-refractivity contribution is 0.0697. The van der Waals surface area contributed by atoms with E-state index < -0.39 is 5.97 Å². The first kappa shape index (κ1) is 11.6. The Morgan fingerprint density at radius 1 is 1.47 bits per heavy atom. The first-order chi connectivity index (χ1) is 8.16. The lowest BCUT2D eigenvalue weighted by atomic mass is 10.0. The Morgan fingerprint density at radius 3 is 2.94 bits per heavy atom. The zero-order chi connectivity index (χ0) is 12.3. The second-order valence-electron chi connectivity index (χ2n) is 4.28. The van der Waals surface area contributed by atoms with Crippen molar-refractivity contribution >= 4 is 11.8 Å². The molecule has 4 heteroatoms. The second kappa shape index (κ2) is 4.99. The molecule has 4 nitrogen and oxygen atoms in total. The Bertz CT molecular complexity index is 455. The van der Waals surface area contributed by atoms with Crippen molar-refractivity contribution in [1.82, 2.24) is 4.98 Å². The highest BCUT2D eigenvalue weighted by atomic mass is 16.4. The number of pyridine rings is 1. The molecule has 0 saturated heterocycles. The van der Waals surface area contributed by atoms with E-state index >= 15 is 0 Å². The quantitative estimate of drug-likeness (QED) is 0.786. The van der Waals surface area contributed by atoms with E-state index in [2.05, 4.69) is 22.5 Å². The van der Waals surface area contributed by atoms with Gasteiger partial charge in [0, 0.05) is 11.7 Å². The van der Waals surface area contributed by atoms with Crippen LogP contribution in [-0.2, 0) is 0 Å². The minimum atomic E-state index is -0.939. The Hall–Kier alpha value is -1.84. The van der Waals surface area contributed by atoms with Gasteiger partial charge in [-0.15, -0.1) is 0 Å². The van der Waals surface area contributed by atoms with Crippen LogP contribution in [0.5, 0.6) is 0 Å². The van der Waals surface area contributed by atoms with Crippen molar-refractivity contribution in [3.63, 3.8) is 0 Å². The third-order valence-corrected chi connectivity index (χ3v) is 2.87. The number of carboxylic acids is 1. The summed E-state index contributed by atoms with van der Waals surface area (Å²) < 4.78 is 0. The number of allylic oxidation sites excluding steroid dienone is 1. The molecule has 0 saturated carbocycles. The summed E-state index contributed by atoms with van der Waals surface area (Å²) in [4.78, 5) is 15.4. The van der Waals surface area contributed by atoms with E-state index in [-0.39, 0.29) is 11.6 Å². The van der Waals surface area contributed by atoms with E-state index in [9.17, 15) is 4.79 Å². The van der Waals surface area contributed by atoms with Crippen molar-refractivity contribution in [2.75, 3.05) is 5.32 Å². The molecule has 0 aliphatic heterocycles. The number of carboxylic acid groups (broad SMARTS) is 1. The molecule has 17 heavy (non-hydrogen) atoms. The standard InChI is InChI=1S/C13H16N2O2/c1-9-7-8-11(13(16)17)12(14-9)15-10-5-3-2-4-6-10/h2-3,7-8,10H,4-6H2,1H3,(H,14,15)(H,16,17). The maximum Gasteiger partial charge on any atom is 0.339 e. The Kier molecular flexibility index (Phi) is 3.42. The third kappa shape index (κ3) is 2.84. The lowest BCUT2D eigenvalue weighted by Crippen LogP contribution is -2.22. The molecule has 1 heterocycles. The molecule has 0 aromatic carbocycles. The van der Waals surface area contributed by atoms with Crippen LogP contribution in [0.2, 0.25) is 0 Å². The molecule has 0 spiro atoms. The van der Waals surface area contributed by atoms with Gasteiger partial charge in [0.25, 0.3) is 0 Å². The number of carbonyl (C=O) groups is 1. The van der Waals surface area contributed by atoms with E-state index in [1.54, 1.807) is 12.1 Å². The fourth-order valence-corrected chi connectivity index (χ4v) is 1.96. The van der Waals surface area contributed by atoms with E-state index in [1.165, 1.54) is 0 Å². The Labute approximate surface area is 100 Å². The molecular weight excluding hydrogens is 216 g/mol. The third-order valence-electron chi connectivity index (χ3n) is 2.87. The molecular formula is C13H16N2O2. The molecule has 1 aromatic heterocycles. The van der Waals surface area contributed by atoms with Crippen molar-refractivity contribution in [3.8, 4) is 0 Å². The number of aromatic nitrogens is 1. The summed E-state index contributed by atoms with van der Waals surface area (Å²) in [5.74, 6) is -0.454. The van der Waals surface area contributed by atoms with Crippen molar-refractivity contribution < 1.29 is 9.90 Å². The minimum Gasteiger partial charge on any atom is -0.478 e. The van der Waals surface area contributed by atoms with E-state index in [0.29, 0.717) is 5.82 Å². The van der Waals surface area contributed by atoms with E-state index in [4.69, 9.17) is 5.11 Å². The molecule has 2 rings (SSSR count). The predicted octanol–water partition coefficient (Wildman–Crippen LogP) is 2.61. The molecule has 1 atom stereocenters. The first-order valence-corrected chi connectivity index (χ1v) is 5.79. The van der Waals surface area contributed by atoms with Gasteiger partial charge in [-0.3, -0.25) is 0 Å². The first-order valence-electron chi connectivity index (χ1n) is 5.79. The lowest BCUT2D eigenvalue weighted by Gasteiger charge is -2.21. The van der Waals surface area contributed by atoms with Crippen LogP contribution in [0.25, 0.3) is 0 Å². The van der Waals surface area contributed by atoms with Crippen LogP contribution in [0.3, 0.4) is 0 Å². The largest absolute Gasteiger partial charge is 0.478 e. The maximum atomic E-state index is 11.1. The summed E-state index contributed by atoms with van der Waals surface area (Å²) in [6, 6.07) is 3.61. The monoisotopic (exact) mass is 232 g/mol.